The van der Waals surface area contributed by atoms with E-state index in [9.17, 15) is 18.7 Å². The summed E-state index contributed by atoms with van der Waals surface area (Å²) in [6, 6.07) is 4.01. The van der Waals surface area contributed by atoms with Gasteiger partial charge in [0.05, 0.1) is 5.56 Å². The Kier molecular flexibility index (Phi) is 3.17. The number of rotatable bonds is 3. The van der Waals surface area contributed by atoms with Crippen LogP contribution in [0.1, 0.15) is 24.5 Å². The predicted octanol–water partition coefficient (Wildman–Crippen LogP) is 2.46. The number of ketones is 1. The number of phenols is 1. The van der Waals surface area contributed by atoms with E-state index in [-0.39, 0.29) is 17.8 Å². The number of halogens is 2. The quantitative estimate of drug-likeness (QED) is 0.813. The van der Waals surface area contributed by atoms with Crippen molar-refractivity contribution in [1.29, 1.82) is 0 Å². The van der Waals surface area contributed by atoms with Crippen LogP contribution in [0.15, 0.2) is 18.2 Å². The van der Waals surface area contributed by atoms with Gasteiger partial charge in [-0.1, -0.05) is 12.1 Å². The normalized spacial score (nSPS) is 10.6. The van der Waals surface area contributed by atoms with Crippen LogP contribution in [-0.2, 0) is 11.2 Å². The number of benzene rings is 1. The van der Waals surface area contributed by atoms with E-state index in [1.54, 1.807) is 0 Å². The molecule has 0 aliphatic carbocycles. The van der Waals surface area contributed by atoms with Gasteiger partial charge in [0, 0.05) is 12.0 Å². The lowest BCUT2D eigenvalue weighted by Crippen LogP contribution is -1.98. The fourth-order valence-electron chi connectivity index (χ4n) is 1.20. The summed E-state index contributed by atoms with van der Waals surface area (Å²) in [5, 5.41) is 9.38. The van der Waals surface area contributed by atoms with Crippen LogP contribution in [-0.4, -0.2) is 10.9 Å². The molecule has 0 heterocycles. The van der Waals surface area contributed by atoms with Gasteiger partial charge in [0.25, 0.3) is 6.43 Å². The van der Waals surface area contributed by atoms with E-state index in [1.165, 1.54) is 19.1 Å². The first kappa shape index (κ1) is 10.6. The monoisotopic (exact) mass is 200 g/mol. The summed E-state index contributed by atoms with van der Waals surface area (Å²) < 4.78 is 24.6. The molecule has 0 radical (unpaired) electrons. The number of hydrogen-bond donors (Lipinski definition) is 1. The minimum Gasteiger partial charge on any atom is -0.507 e. The average molecular weight is 200 g/mol. The third-order valence-corrected chi connectivity index (χ3v) is 1.83. The highest BCUT2D eigenvalue weighted by Crippen LogP contribution is 2.31. The largest absolute Gasteiger partial charge is 0.507 e. The molecule has 1 rings (SSSR count). The first-order valence-corrected chi connectivity index (χ1v) is 4.10. The Morgan fingerprint density at radius 2 is 2.14 bits per heavy atom. The van der Waals surface area contributed by atoms with Crippen molar-refractivity contribution in [2.24, 2.45) is 0 Å². The molecule has 0 aromatic heterocycles. The van der Waals surface area contributed by atoms with Gasteiger partial charge in [-0.05, 0) is 13.0 Å². The van der Waals surface area contributed by atoms with Gasteiger partial charge >= 0.3 is 0 Å². The molecule has 76 valence electrons. The van der Waals surface area contributed by atoms with Crippen LogP contribution in [0.4, 0.5) is 8.78 Å². The van der Waals surface area contributed by atoms with E-state index in [1.807, 2.05) is 0 Å². The number of carbonyl (C=O) groups is 1. The zero-order chi connectivity index (χ0) is 10.7. The van der Waals surface area contributed by atoms with Crippen LogP contribution in [0.2, 0.25) is 0 Å². The summed E-state index contributed by atoms with van der Waals surface area (Å²) in [6.07, 6.45) is -2.74. The Balaban J connectivity index is 3.07. The lowest BCUT2D eigenvalue weighted by Gasteiger charge is -2.07. The Labute approximate surface area is 80.2 Å². The fraction of sp³-hybridized carbons (Fsp3) is 0.300. The minimum atomic E-state index is -2.72. The van der Waals surface area contributed by atoms with Crippen molar-refractivity contribution in [1.82, 2.24) is 0 Å². The molecule has 1 N–H and O–H groups in total. The molecule has 0 unspecified atom stereocenters. The van der Waals surface area contributed by atoms with Crippen molar-refractivity contribution in [3.63, 3.8) is 0 Å². The van der Waals surface area contributed by atoms with E-state index < -0.39 is 17.7 Å². The standard InChI is InChI=1S/C10H10F2O2/c1-6(13)5-7-3-2-4-8(9(7)14)10(11)12/h2-4,10,14H,5H2,1H3. The summed E-state index contributed by atoms with van der Waals surface area (Å²) in [5.74, 6) is -0.649. The molecule has 0 spiro atoms. The number of aromatic hydroxyl groups is 1. The second-order valence-corrected chi connectivity index (χ2v) is 3.03. The molecule has 0 bridgehead atoms. The number of carbonyl (C=O) groups excluding carboxylic acids is 1. The molecule has 0 saturated carbocycles. The van der Waals surface area contributed by atoms with Crippen LogP contribution < -0.4 is 0 Å². The van der Waals surface area contributed by atoms with Gasteiger partial charge in [0.1, 0.15) is 11.5 Å². The summed E-state index contributed by atoms with van der Waals surface area (Å²) in [7, 11) is 0. The first-order valence-electron chi connectivity index (χ1n) is 4.10. The van der Waals surface area contributed by atoms with Crippen LogP contribution in [0.5, 0.6) is 5.75 Å². The molecular weight excluding hydrogens is 190 g/mol. The lowest BCUT2D eigenvalue weighted by molar-refractivity contribution is -0.116. The van der Waals surface area contributed by atoms with Gasteiger partial charge in [0.2, 0.25) is 0 Å². The Morgan fingerprint density at radius 1 is 1.50 bits per heavy atom. The van der Waals surface area contributed by atoms with Crippen LogP contribution >= 0.6 is 0 Å². The maximum absolute atomic E-state index is 12.3. The molecular formula is C10H10F2O2. The molecule has 14 heavy (non-hydrogen) atoms. The molecule has 0 aliphatic rings. The Bertz CT molecular complexity index is 348. The smallest absolute Gasteiger partial charge is 0.267 e. The van der Waals surface area contributed by atoms with Crippen molar-refractivity contribution >= 4 is 5.78 Å². The molecule has 0 fully saturated rings. The fourth-order valence-corrected chi connectivity index (χ4v) is 1.20. The number of phenolic OH excluding ortho intramolecular Hbond substituents is 1. The lowest BCUT2D eigenvalue weighted by atomic mass is 10.0. The van der Waals surface area contributed by atoms with Crippen LogP contribution in [0.25, 0.3) is 0 Å². The second kappa shape index (κ2) is 4.17. The third kappa shape index (κ3) is 2.28. The highest BCUT2D eigenvalue weighted by molar-refractivity contribution is 5.79. The van der Waals surface area contributed by atoms with Crippen LogP contribution in [0.3, 0.4) is 0 Å². The topological polar surface area (TPSA) is 37.3 Å². The zero-order valence-electron chi connectivity index (χ0n) is 7.63. The van der Waals surface area contributed by atoms with Crippen molar-refractivity contribution in [2.45, 2.75) is 19.8 Å². The summed E-state index contributed by atoms with van der Waals surface area (Å²) >= 11 is 0. The van der Waals surface area contributed by atoms with E-state index in [2.05, 4.69) is 0 Å². The van der Waals surface area contributed by atoms with E-state index in [4.69, 9.17) is 0 Å². The zero-order valence-corrected chi connectivity index (χ0v) is 7.63. The predicted molar refractivity (Wildman–Crippen MR) is 47.4 cm³/mol. The van der Waals surface area contributed by atoms with Gasteiger partial charge in [0.15, 0.2) is 0 Å². The summed E-state index contributed by atoms with van der Waals surface area (Å²) in [5.41, 5.74) is -0.181. The molecule has 2 nitrogen and oxygen atoms in total. The molecule has 1 aromatic rings. The number of alkyl halides is 2. The second-order valence-electron chi connectivity index (χ2n) is 3.03. The molecule has 0 atom stereocenters. The SMILES string of the molecule is CC(=O)Cc1cccc(C(F)F)c1O. The molecule has 1 aromatic carbocycles. The number of hydrogen-bond acceptors (Lipinski definition) is 2. The van der Waals surface area contributed by atoms with Crippen molar-refractivity contribution in [3.8, 4) is 5.75 Å². The van der Waals surface area contributed by atoms with Crippen molar-refractivity contribution < 1.29 is 18.7 Å². The Hall–Kier alpha value is -1.45. The van der Waals surface area contributed by atoms with Crippen LogP contribution in [0, 0.1) is 0 Å². The highest BCUT2D eigenvalue weighted by atomic mass is 19.3. The van der Waals surface area contributed by atoms with Crippen molar-refractivity contribution in [2.75, 3.05) is 0 Å². The van der Waals surface area contributed by atoms with E-state index >= 15 is 0 Å². The minimum absolute atomic E-state index is 0.0214. The van der Waals surface area contributed by atoms with Gasteiger partial charge in [-0.2, -0.15) is 0 Å². The van der Waals surface area contributed by atoms with E-state index in [0.717, 1.165) is 6.07 Å². The van der Waals surface area contributed by atoms with E-state index in [0.29, 0.717) is 0 Å². The molecule has 0 aliphatic heterocycles. The molecule has 0 amide bonds. The van der Waals surface area contributed by atoms with Gasteiger partial charge in [-0.25, -0.2) is 8.78 Å². The maximum atomic E-state index is 12.3. The molecule has 4 heteroatoms. The number of para-hydroxylation sites is 1. The third-order valence-electron chi connectivity index (χ3n) is 1.83. The van der Waals surface area contributed by atoms with Gasteiger partial charge in [-0.15, -0.1) is 0 Å². The molecule has 0 saturated heterocycles. The maximum Gasteiger partial charge on any atom is 0.267 e. The summed E-state index contributed by atoms with van der Waals surface area (Å²) in [4.78, 5) is 10.7. The van der Waals surface area contributed by atoms with Crippen molar-refractivity contribution in [3.05, 3.63) is 29.3 Å². The van der Waals surface area contributed by atoms with Gasteiger partial charge < -0.3 is 5.11 Å². The van der Waals surface area contributed by atoms with Gasteiger partial charge in [-0.3, -0.25) is 4.79 Å². The summed E-state index contributed by atoms with van der Waals surface area (Å²) in [6.45, 7) is 1.34. The Morgan fingerprint density at radius 3 is 2.64 bits per heavy atom. The average Bonchev–Trinajstić information content (AvgIpc) is 2.07. The number of Topliss-reactive ketones (excluding diaryl/α,β-unsaturated/α-hetero) is 1. The first-order chi connectivity index (χ1) is 6.52. The highest BCUT2D eigenvalue weighted by Gasteiger charge is 2.15.